The number of benzene rings is 1. The van der Waals surface area contributed by atoms with E-state index in [0.717, 1.165) is 17.0 Å². The molecule has 0 aliphatic heterocycles. The summed E-state index contributed by atoms with van der Waals surface area (Å²) in [5.74, 6) is 1.72. The van der Waals surface area contributed by atoms with Gasteiger partial charge in [-0.3, -0.25) is 0 Å². The van der Waals surface area contributed by atoms with Gasteiger partial charge in [0.15, 0.2) is 5.96 Å². The van der Waals surface area contributed by atoms with Crippen LogP contribution >= 0.6 is 0 Å². The van der Waals surface area contributed by atoms with Gasteiger partial charge in [0.25, 0.3) is 0 Å². The Labute approximate surface area is 119 Å². The number of guanidine groups is 1. The highest BCUT2D eigenvalue weighted by Gasteiger charge is 2.03. The van der Waals surface area contributed by atoms with E-state index in [2.05, 4.69) is 36.3 Å². The molecule has 0 fully saturated rings. The van der Waals surface area contributed by atoms with Crippen LogP contribution in [0.5, 0.6) is 0 Å². The van der Waals surface area contributed by atoms with E-state index in [0.29, 0.717) is 18.4 Å². The number of hydrogen-bond donors (Lipinski definition) is 2. The topological polar surface area (TPSA) is 63.5 Å². The first kappa shape index (κ1) is 14.2. The Balaban J connectivity index is 2.02. The molecule has 0 spiro atoms. The molecule has 1 heterocycles. The molecule has 0 saturated carbocycles. The van der Waals surface area contributed by atoms with Gasteiger partial charge in [-0.15, -0.1) is 0 Å². The zero-order valence-electron chi connectivity index (χ0n) is 12.2. The Morgan fingerprint density at radius 2 is 2.15 bits per heavy atom. The minimum Gasteiger partial charge on any atom is -0.467 e. The first-order valence-electron chi connectivity index (χ1n) is 6.76. The average Bonchev–Trinajstić information content (AvgIpc) is 2.82. The third-order valence-corrected chi connectivity index (χ3v) is 3.19. The number of hydrogen-bond acceptors (Lipinski definition) is 2. The normalized spacial score (nSPS) is 11.9. The van der Waals surface area contributed by atoms with Gasteiger partial charge in [0.1, 0.15) is 12.3 Å². The molecule has 4 heteroatoms. The van der Waals surface area contributed by atoms with E-state index in [1.807, 2.05) is 25.1 Å². The van der Waals surface area contributed by atoms with Crippen molar-refractivity contribution in [2.45, 2.75) is 33.2 Å². The van der Waals surface area contributed by atoms with Crippen molar-refractivity contribution in [3.05, 3.63) is 53.5 Å². The second-order valence-corrected chi connectivity index (χ2v) is 5.13. The fraction of sp³-hybridized carbons (Fsp3) is 0.312. The lowest BCUT2D eigenvalue weighted by Crippen LogP contribution is -2.22. The maximum Gasteiger partial charge on any atom is 0.193 e. The van der Waals surface area contributed by atoms with Crippen molar-refractivity contribution in [3.63, 3.8) is 0 Å². The Bertz CT molecular complexity index is 599. The summed E-state index contributed by atoms with van der Waals surface area (Å²) >= 11 is 0. The van der Waals surface area contributed by atoms with Crippen LogP contribution in [0.2, 0.25) is 0 Å². The fourth-order valence-electron chi connectivity index (χ4n) is 1.89. The highest BCUT2D eigenvalue weighted by Crippen LogP contribution is 2.18. The summed E-state index contributed by atoms with van der Waals surface area (Å²) in [4.78, 5) is 4.29. The van der Waals surface area contributed by atoms with Crippen molar-refractivity contribution >= 4 is 11.6 Å². The molecule has 1 aromatic heterocycles. The lowest BCUT2D eigenvalue weighted by Gasteiger charge is -2.09. The summed E-state index contributed by atoms with van der Waals surface area (Å²) < 4.78 is 5.33. The second kappa shape index (κ2) is 6.28. The van der Waals surface area contributed by atoms with Crippen LogP contribution < -0.4 is 11.1 Å². The molecule has 2 aromatic rings. The molecule has 106 valence electrons. The van der Waals surface area contributed by atoms with E-state index in [4.69, 9.17) is 10.2 Å². The summed E-state index contributed by atoms with van der Waals surface area (Å²) in [5.41, 5.74) is 9.20. The number of aryl methyl sites for hydroxylation is 1. The summed E-state index contributed by atoms with van der Waals surface area (Å²) in [5, 5.41) is 3.11. The van der Waals surface area contributed by atoms with Crippen LogP contribution in [0.3, 0.4) is 0 Å². The molecule has 0 bridgehead atoms. The van der Waals surface area contributed by atoms with Crippen molar-refractivity contribution in [2.75, 3.05) is 5.32 Å². The SMILES string of the molecule is Cc1ccoc1CN=C(N)Nc1cccc(C(C)C)c1. The molecular formula is C16H21N3O. The zero-order chi connectivity index (χ0) is 14.5. The number of anilines is 1. The van der Waals surface area contributed by atoms with Crippen molar-refractivity contribution < 1.29 is 4.42 Å². The Morgan fingerprint density at radius 3 is 2.80 bits per heavy atom. The monoisotopic (exact) mass is 271 g/mol. The van der Waals surface area contributed by atoms with Gasteiger partial charge in [0.2, 0.25) is 0 Å². The van der Waals surface area contributed by atoms with Gasteiger partial charge in [-0.25, -0.2) is 4.99 Å². The number of nitrogens with one attached hydrogen (secondary N) is 1. The molecule has 0 aliphatic carbocycles. The van der Waals surface area contributed by atoms with Crippen LogP contribution in [0, 0.1) is 6.92 Å². The molecule has 0 amide bonds. The lowest BCUT2D eigenvalue weighted by atomic mass is 10.0. The van der Waals surface area contributed by atoms with E-state index in [1.54, 1.807) is 6.26 Å². The maximum absolute atomic E-state index is 5.90. The third-order valence-electron chi connectivity index (χ3n) is 3.19. The average molecular weight is 271 g/mol. The molecule has 0 unspecified atom stereocenters. The van der Waals surface area contributed by atoms with Gasteiger partial charge in [-0.2, -0.15) is 0 Å². The standard InChI is InChI=1S/C16H21N3O/c1-11(2)13-5-4-6-14(9-13)19-16(17)18-10-15-12(3)7-8-20-15/h4-9,11H,10H2,1-3H3,(H3,17,18,19). The van der Waals surface area contributed by atoms with Crippen LogP contribution in [-0.2, 0) is 6.54 Å². The number of furan rings is 1. The van der Waals surface area contributed by atoms with E-state index in [1.165, 1.54) is 5.56 Å². The fourth-order valence-corrected chi connectivity index (χ4v) is 1.89. The van der Waals surface area contributed by atoms with Crippen LogP contribution in [0.25, 0.3) is 0 Å². The van der Waals surface area contributed by atoms with Crippen molar-refractivity contribution in [1.29, 1.82) is 0 Å². The molecule has 4 nitrogen and oxygen atoms in total. The molecule has 1 aromatic carbocycles. The van der Waals surface area contributed by atoms with Crippen molar-refractivity contribution in [3.8, 4) is 0 Å². The molecule has 0 atom stereocenters. The zero-order valence-corrected chi connectivity index (χ0v) is 12.2. The van der Waals surface area contributed by atoms with E-state index < -0.39 is 0 Å². The maximum atomic E-state index is 5.90. The first-order chi connectivity index (χ1) is 9.56. The quantitative estimate of drug-likeness (QED) is 0.659. The van der Waals surface area contributed by atoms with E-state index >= 15 is 0 Å². The Hall–Kier alpha value is -2.23. The molecule has 0 aliphatic rings. The van der Waals surface area contributed by atoms with Crippen LogP contribution in [0.15, 0.2) is 46.0 Å². The summed E-state index contributed by atoms with van der Waals surface area (Å²) in [6, 6.07) is 10.1. The molecule has 0 radical (unpaired) electrons. The van der Waals surface area contributed by atoms with Crippen molar-refractivity contribution in [1.82, 2.24) is 0 Å². The van der Waals surface area contributed by atoms with Crippen LogP contribution in [-0.4, -0.2) is 5.96 Å². The minimum atomic E-state index is 0.390. The van der Waals surface area contributed by atoms with E-state index in [9.17, 15) is 0 Å². The van der Waals surface area contributed by atoms with Gasteiger partial charge in [-0.1, -0.05) is 26.0 Å². The number of rotatable bonds is 4. The van der Waals surface area contributed by atoms with E-state index in [-0.39, 0.29) is 0 Å². The third kappa shape index (κ3) is 3.63. The molecule has 0 saturated heterocycles. The molecular weight excluding hydrogens is 250 g/mol. The lowest BCUT2D eigenvalue weighted by molar-refractivity contribution is 0.510. The largest absolute Gasteiger partial charge is 0.467 e. The van der Waals surface area contributed by atoms with Crippen LogP contribution in [0.4, 0.5) is 5.69 Å². The van der Waals surface area contributed by atoms with Gasteiger partial charge in [0, 0.05) is 5.69 Å². The first-order valence-corrected chi connectivity index (χ1v) is 6.76. The van der Waals surface area contributed by atoms with Gasteiger partial charge < -0.3 is 15.5 Å². The smallest absolute Gasteiger partial charge is 0.193 e. The summed E-state index contributed by atoms with van der Waals surface area (Å²) in [7, 11) is 0. The molecule has 3 N–H and O–H groups in total. The number of aliphatic imine (C=N–C) groups is 1. The number of nitrogens with zero attached hydrogens (tertiary/aromatic N) is 1. The summed E-state index contributed by atoms with van der Waals surface area (Å²) in [6.07, 6.45) is 1.66. The Morgan fingerprint density at radius 1 is 1.35 bits per heavy atom. The van der Waals surface area contributed by atoms with Gasteiger partial charge >= 0.3 is 0 Å². The predicted octanol–water partition coefficient (Wildman–Crippen LogP) is 3.64. The highest BCUT2D eigenvalue weighted by atomic mass is 16.3. The minimum absolute atomic E-state index is 0.390. The second-order valence-electron chi connectivity index (χ2n) is 5.13. The molecule has 2 rings (SSSR count). The predicted molar refractivity (Wildman–Crippen MR) is 82.9 cm³/mol. The van der Waals surface area contributed by atoms with Gasteiger partial charge in [0.05, 0.1) is 6.26 Å². The summed E-state index contributed by atoms with van der Waals surface area (Å²) in [6.45, 7) is 6.76. The van der Waals surface area contributed by atoms with Crippen molar-refractivity contribution in [2.24, 2.45) is 10.7 Å². The molecule has 20 heavy (non-hydrogen) atoms. The number of nitrogens with two attached hydrogens (primary N) is 1. The Kier molecular flexibility index (Phi) is 4.45. The van der Waals surface area contributed by atoms with Gasteiger partial charge in [-0.05, 0) is 42.2 Å². The van der Waals surface area contributed by atoms with Crippen LogP contribution in [0.1, 0.15) is 36.7 Å². The highest BCUT2D eigenvalue weighted by molar-refractivity contribution is 5.92.